The summed E-state index contributed by atoms with van der Waals surface area (Å²) in [5.74, 6) is 0.180. The predicted octanol–water partition coefficient (Wildman–Crippen LogP) is 5.06. The second kappa shape index (κ2) is 9.03. The van der Waals surface area contributed by atoms with Crippen molar-refractivity contribution >= 4 is 29.1 Å². The molecule has 6 rings (SSSR count). The monoisotopic (exact) mass is 509 g/mol. The minimum Gasteiger partial charge on any atom is -0.484 e. The molecule has 0 spiro atoms. The quantitative estimate of drug-likeness (QED) is 0.456. The summed E-state index contributed by atoms with van der Waals surface area (Å²) < 4.78 is 43.7. The van der Waals surface area contributed by atoms with Gasteiger partial charge in [0.2, 0.25) is 5.89 Å². The van der Waals surface area contributed by atoms with E-state index in [1.54, 1.807) is 6.07 Å². The van der Waals surface area contributed by atoms with Crippen LogP contribution in [0.3, 0.4) is 0 Å². The lowest BCUT2D eigenvalue weighted by Gasteiger charge is -2.39. The number of carbonyl (C=O) groups excluding carboxylic acids is 1. The molecule has 1 amide bonds. The molecule has 1 N–H and O–H groups in total. The number of nitrogens with zero attached hydrogens (tertiary/aromatic N) is 2. The maximum Gasteiger partial charge on any atom is 0.258 e. The Labute approximate surface area is 203 Å². The van der Waals surface area contributed by atoms with Crippen molar-refractivity contribution in [3.05, 3.63) is 69.9 Å². The van der Waals surface area contributed by atoms with E-state index >= 15 is 0 Å². The van der Waals surface area contributed by atoms with Crippen LogP contribution in [0, 0.1) is 17.6 Å². The van der Waals surface area contributed by atoms with Gasteiger partial charge in [-0.15, -0.1) is 10.2 Å². The first-order valence-electron chi connectivity index (χ1n) is 10.6. The van der Waals surface area contributed by atoms with Crippen molar-refractivity contribution in [1.29, 1.82) is 0 Å². The number of carbonyl (C=O) groups is 1. The molecule has 178 valence electrons. The Bertz CT molecular complexity index is 1230. The van der Waals surface area contributed by atoms with Crippen LogP contribution >= 0.6 is 23.2 Å². The Morgan fingerprint density at radius 1 is 1.03 bits per heavy atom. The van der Waals surface area contributed by atoms with Crippen LogP contribution in [-0.2, 0) is 11.4 Å². The summed E-state index contributed by atoms with van der Waals surface area (Å²) in [6.45, 7) is -0.235. The van der Waals surface area contributed by atoms with Gasteiger partial charge in [-0.05, 0) is 49.4 Å². The van der Waals surface area contributed by atoms with Crippen molar-refractivity contribution in [3.8, 4) is 11.5 Å². The molecule has 1 aromatic heterocycles. The van der Waals surface area contributed by atoms with Gasteiger partial charge in [0.25, 0.3) is 11.8 Å². The van der Waals surface area contributed by atoms with E-state index in [1.165, 1.54) is 24.3 Å². The zero-order chi connectivity index (χ0) is 23.9. The number of rotatable bonds is 8. The third kappa shape index (κ3) is 4.67. The molecule has 0 aliphatic heterocycles. The highest BCUT2D eigenvalue weighted by Gasteiger charge is 2.58. The maximum atomic E-state index is 13.5. The molecule has 3 aromatic rings. The van der Waals surface area contributed by atoms with Gasteiger partial charge >= 0.3 is 0 Å². The van der Waals surface area contributed by atoms with E-state index in [9.17, 15) is 13.6 Å². The molecular weight excluding hydrogens is 491 g/mol. The first kappa shape index (κ1) is 22.9. The van der Waals surface area contributed by atoms with Gasteiger partial charge < -0.3 is 19.2 Å². The van der Waals surface area contributed by atoms with E-state index < -0.39 is 11.6 Å². The smallest absolute Gasteiger partial charge is 0.258 e. The van der Waals surface area contributed by atoms with Crippen LogP contribution in [-0.4, -0.2) is 28.3 Å². The summed E-state index contributed by atoms with van der Waals surface area (Å²) >= 11 is 11.3. The van der Waals surface area contributed by atoms with Crippen LogP contribution in [0.1, 0.15) is 37.0 Å². The topological polar surface area (TPSA) is 86.5 Å². The van der Waals surface area contributed by atoms with Gasteiger partial charge in [-0.2, -0.15) is 0 Å². The number of nitrogens with one attached hydrogen (secondary N) is 1. The Hall–Kier alpha value is -2.91. The first-order valence-corrected chi connectivity index (χ1v) is 11.3. The average molecular weight is 510 g/mol. The molecule has 1 atom stereocenters. The van der Waals surface area contributed by atoms with Crippen molar-refractivity contribution in [2.75, 3.05) is 6.61 Å². The number of ether oxygens (including phenoxy) is 2. The average Bonchev–Trinajstić information content (AvgIpc) is 3.48. The lowest BCUT2D eigenvalue weighted by molar-refractivity contribution is -0.125. The summed E-state index contributed by atoms with van der Waals surface area (Å²) in [4.78, 5) is 12.4. The molecule has 0 unspecified atom stereocenters. The van der Waals surface area contributed by atoms with E-state index in [0.29, 0.717) is 24.0 Å². The normalized spacial score (nSPS) is 22.8. The molecular formula is C23H19Cl2F2N3O4. The van der Waals surface area contributed by atoms with Crippen molar-refractivity contribution in [1.82, 2.24) is 15.5 Å². The molecule has 3 aliphatic carbocycles. The van der Waals surface area contributed by atoms with Gasteiger partial charge in [0.15, 0.2) is 13.2 Å². The van der Waals surface area contributed by atoms with Gasteiger partial charge in [0.1, 0.15) is 23.1 Å². The Morgan fingerprint density at radius 3 is 2.32 bits per heavy atom. The zero-order valence-corrected chi connectivity index (χ0v) is 19.2. The number of hydrogen-bond donors (Lipinski definition) is 1. The third-order valence-electron chi connectivity index (χ3n) is 6.20. The van der Waals surface area contributed by atoms with E-state index in [-0.39, 0.29) is 52.3 Å². The molecule has 2 bridgehead atoms. The van der Waals surface area contributed by atoms with Crippen LogP contribution in [0.5, 0.6) is 11.5 Å². The number of aromatic nitrogens is 2. The molecule has 3 fully saturated rings. The lowest BCUT2D eigenvalue weighted by atomic mass is 9.76. The van der Waals surface area contributed by atoms with Crippen LogP contribution in [0.15, 0.2) is 40.8 Å². The Balaban J connectivity index is 1.13. The van der Waals surface area contributed by atoms with Gasteiger partial charge in [-0.25, -0.2) is 8.78 Å². The fourth-order valence-corrected chi connectivity index (χ4v) is 4.89. The highest BCUT2D eigenvalue weighted by molar-refractivity contribution is 6.31. The van der Waals surface area contributed by atoms with Gasteiger partial charge in [0.05, 0.1) is 10.0 Å². The molecule has 0 radical (unpaired) electrons. The largest absolute Gasteiger partial charge is 0.484 e. The van der Waals surface area contributed by atoms with Gasteiger partial charge in [-0.3, -0.25) is 4.79 Å². The standard InChI is InChI=1S/C23H19Cl2F2N3O4/c24-16-3-1-13(5-18(16)26)32-10-20(31)28-23-7-12(8-23)15(9-23)22-30-29-21(34-22)11-33-14-2-4-17(25)19(27)6-14/h1-6,12,15H,7-11H2,(H,28,31)/t12?,15-,23?/m0/s1. The Morgan fingerprint density at radius 2 is 1.68 bits per heavy atom. The van der Waals surface area contributed by atoms with Crippen molar-refractivity contribution < 1.29 is 27.5 Å². The van der Waals surface area contributed by atoms with Crippen molar-refractivity contribution in [2.45, 2.75) is 37.3 Å². The van der Waals surface area contributed by atoms with Crippen LogP contribution in [0.25, 0.3) is 0 Å². The molecule has 7 nitrogen and oxygen atoms in total. The van der Waals surface area contributed by atoms with E-state index in [0.717, 1.165) is 18.9 Å². The number of halogens is 4. The van der Waals surface area contributed by atoms with E-state index in [1.807, 2.05) is 0 Å². The second-order valence-corrected chi connectivity index (χ2v) is 9.39. The number of benzene rings is 2. The van der Waals surface area contributed by atoms with Crippen LogP contribution in [0.4, 0.5) is 8.78 Å². The molecule has 3 aliphatic rings. The van der Waals surface area contributed by atoms with E-state index in [4.69, 9.17) is 37.1 Å². The summed E-state index contributed by atoms with van der Waals surface area (Å²) in [7, 11) is 0. The minimum absolute atomic E-state index is 0.00400. The molecule has 0 saturated heterocycles. The molecule has 11 heteroatoms. The highest BCUT2D eigenvalue weighted by Crippen LogP contribution is 2.59. The number of fused-ring (bicyclic) bond motifs is 1. The zero-order valence-electron chi connectivity index (χ0n) is 17.7. The van der Waals surface area contributed by atoms with Gasteiger partial charge in [0, 0.05) is 23.6 Å². The SMILES string of the molecule is O=C(COc1ccc(Cl)c(F)c1)NC12CC(C1)[C@@H](c1nnc(COc3ccc(Cl)c(F)c3)o1)C2. The summed E-state index contributed by atoms with van der Waals surface area (Å²) in [6, 6.07) is 8.16. The first-order chi connectivity index (χ1) is 16.3. The lowest BCUT2D eigenvalue weighted by Crippen LogP contribution is -2.53. The fourth-order valence-electron chi connectivity index (χ4n) is 4.66. The van der Waals surface area contributed by atoms with Crippen LogP contribution < -0.4 is 14.8 Å². The summed E-state index contributed by atoms with van der Waals surface area (Å²) in [6.07, 6.45) is 2.28. The summed E-state index contributed by atoms with van der Waals surface area (Å²) in [5.41, 5.74) is -0.340. The second-order valence-electron chi connectivity index (χ2n) is 8.57. The van der Waals surface area contributed by atoms with Crippen molar-refractivity contribution in [3.63, 3.8) is 0 Å². The number of amides is 1. The molecule has 3 saturated carbocycles. The predicted molar refractivity (Wildman–Crippen MR) is 118 cm³/mol. The van der Waals surface area contributed by atoms with Crippen LogP contribution in [0.2, 0.25) is 10.0 Å². The van der Waals surface area contributed by atoms with Gasteiger partial charge in [-0.1, -0.05) is 23.2 Å². The number of hydrogen-bond acceptors (Lipinski definition) is 6. The fraction of sp³-hybridized carbons (Fsp3) is 0.348. The third-order valence-corrected chi connectivity index (χ3v) is 6.82. The maximum absolute atomic E-state index is 13.5. The molecule has 1 heterocycles. The molecule has 34 heavy (non-hydrogen) atoms. The Kier molecular flexibility index (Phi) is 6.07. The minimum atomic E-state index is -0.608. The van der Waals surface area contributed by atoms with E-state index in [2.05, 4.69) is 15.5 Å². The molecule has 2 aromatic carbocycles. The highest BCUT2D eigenvalue weighted by atomic mass is 35.5. The summed E-state index contributed by atoms with van der Waals surface area (Å²) in [5, 5.41) is 11.2. The van der Waals surface area contributed by atoms with Crippen molar-refractivity contribution in [2.24, 2.45) is 5.92 Å².